The number of benzene rings is 1. The number of nitrogens with one attached hydrogen (secondary N) is 1. The van der Waals surface area contributed by atoms with E-state index < -0.39 is 0 Å². The number of fused-ring (bicyclic) bond motifs is 1. The maximum absolute atomic E-state index is 3.08. The topological polar surface area (TPSA) is 12.0 Å². The predicted octanol–water partition coefficient (Wildman–Crippen LogP) is 2.38. The molecule has 0 fully saturated rings. The Bertz CT molecular complexity index is 271. The molecule has 1 heterocycles. The highest BCUT2D eigenvalue weighted by Crippen LogP contribution is 2.23. The molecular weight excluding hydrogens is 174 g/mol. The summed E-state index contributed by atoms with van der Waals surface area (Å²) in [5, 5.41) is 0. The van der Waals surface area contributed by atoms with E-state index in [1.165, 1.54) is 10.5 Å². The summed E-state index contributed by atoms with van der Waals surface area (Å²) in [7, 11) is 0. The molecule has 1 N–H and O–H groups in total. The Morgan fingerprint density at radius 1 is 1.18 bits per heavy atom. The second kappa shape index (κ2) is 3.74. The lowest BCUT2D eigenvalue weighted by Gasteiger charge is -2.08. The highest BCUT2D eigenvalue weighted by molar-refractivity contribution is 7.97. The van der Waals surface area contributed by atoms with Crippen LogP contribution in [0, 0.1) is 0 Å². The summed E-state index contributed by atoms with van der Waals surface area (Å²) in [5.74, 6) is 0. The monoisotopic (exact) mass is 183 g/mol. The molecule has 0 amide bonds. The van der Waals surface area contributed by atoms with Gasteiger partial charge in [0, 0.05) is 11.1 Å². The summed E-state index contributed by atoms with van der Waals surface area (Å²) >= 11 is 1.65. The smallest absolute Gasteiger partial charge is 0.0357 e. The molecule has 1 aromatic carbocycles. The first-order valence-electron chi connectivity index (χ1n) is 3.15. The van der Waals surface area contributed by atoms with E-state index >= 15 is 0 Å². The standard InChI is InChI=1S/C8H7NS.H2S/c1-2-4-8-7(3-1)5-6-9-10-8;/h1-6,9H;1H2. The summed E-state index contributed by atoms with van der Waals surface area (Å²) < 4.78 is 3.08. The molecule has 0 aliphatic carbocycles. The lowest BCUT2D eigenvalue weighted by Crippen LogP contribution is -1.96. The van der Waals surface area contributed by atoms with Gasteiger partial charge >= 0.3 is 0 Å². The van der Waals surface area contributed by atoms with Crippen molar-refractivity contribution in [1.29, 1.82) is 0 Å². The Morgan fingerprint density at radius 2 is 2.00 bits per heavy atom. The lowest BCUT2D eigenvalue weighted by molar-refractivity contribution is 1.32. The summed E-state index contributed by atoms with van der Waals surface area (Å²) in [6.07, 6.45) is 4.03. The van der Waals surface area contributed by atoms with Gasteiger partial charge in [0.25, 0.3) is 0 Å². The van der Waals surface area contributed by atoms with Gasteiger partial charge in [-0.15, -0.1) is 0 Å². The van der Waals surface area contributed by atoms with Crippen LogP contribution in [0.1, 0.15) is 5.56 Å². The van der Waals surface area contributed by atoms with Crippen molar-refractivity contribution < 1.29 is 0 Å². The van der Waals surface area contributed by atoms with Gasteiger partial charge in [0.1, 0.15) is 0 Å². The molecule has 0 atom stereocenters. The van der Waals surface area contributed by atoms with Gasteiger partial charge in [-0.2, -0.15) is 13.5 Å². The fourth-order valence-electron chi connectivity index (χ4n) is 0.932. The predicted molar refractivity (Wildman–Crippen MR) is 54.8 cm³/mol. The summed E-state index contributed by atoms with van der Waals surface area (Å²) in [6, 6.07) is 8.32. The van der Waals surface area contributed by atoms with Crippen molar-refractivity contribution in [2.75, 3.05) is 0 Å². The molecule has 58 valence electrons. The fourth-order valence-corrected chi connectivity index (χ4v) is 1.60. The lowest BCUT2D eigenvalue weighted by atomic mass is 10.2. The van der Waals surface area contributed by atoms with E-state index in [0.717, 1.165) is 0 Å². The van der Waals surface area contributed by atoms with Crippen molar-refractivity contribution in [1.82, 2.24) is 4.72 Å². The molecule has 0 aromatic heterocycles. The average molecular weight is 183 g/mol. The largest absolute Gasteiger partial charge is 0.332 e. The Hall–Kier alpha value is -0.540. The zero-order valence-electron chi connectivity index (χ0n) is 5.87. The summed E-state index contributed by atoms with van der Waals surface area (Å²) in [4.78, 5) is 1.30. The molecule has 0 saturated carbocycles. The van der Waals surface area contributed by atoms with Gasteiger partial charge in [-0.3, -0.25) is 0 Å². The second-order valence-electron chi connectivity index (χ2n) is 2.09. The molecule has 1 aliphatic rings. The van der Waals surface area contributed by atoms with E-state index in [9.17, 15) is 0 Å². The molecule has 3 heteroatoms. The minimum Gasteiger partial charge on any atom is -0.332 e. The molecule has 0 bridgehead atoms. The molecule has 1 aromatic rings. The first kappa shape index (κ1) is 8.56. The maximum Gasteiger partial charge on any atom is 0.0357 e. The van der Waals surface area contributed by atoms with Crippen LogP contribution in [-0.2, 0) is 0 Å². The maximum atomic E-state index is 3.08. The molecule has 0 radical (unpaired) electrons. The van der Waals surface area contributed by atoms with Crippen LogP contribution in [0.3, 0.4) is 0 Å². The van der Waals surface area contributed by atoms with Crippen molar-refractivity contribution >= 4 is 31.5 Å². The highest BCUT2D eigenvalue weighted by Gasteiger charge is 2.00. The van der Waals surface area contributed by atoms with Crippen molar-refractivity contribution in [3.05, 3.63) is 36.0 Å². The summed E-state index contributed by atoms with van der Waals surface area (Å²) in [5.41, 5.74) is 1.30. The van der Waals surface area contributed by atoms with Crippen LogP contribution in [-0.4, -0.2) is 0 Å². The van der Waals surface area contributed by atoms with E-state index in [4.69, 9.17) is 0 Å². The number of rotatable bonds is 0. The van der Waals surface area contributed by atoms with Crippen LogP contribution in [0.15, 0.2) is 35.4 Å². The van der Waals surface area contributed by atoms with E-state index in [1.54, 1.807) is 11.9 Å². The first-order valence-corrected chi connectivity index (χ1v) is 3.96. The molecule has 1 aliphatic heterocycles. The second-order valence-corrected chi connectivity index (χ2v) is 2.97. The Morgan fingerprint density at radius 3 is 2.82 bits per heavy atom. The van der Waals surface area contributed by atoms with Crippen LogP contribution < -0.4 is 4.72 Å². The molecule has 0 unspecified atom stereocenters. The van der Waals surface area contributed by atoms with Gasteiger partial charge in [0.15, 0.2) is 0 Å². The third-order valence-corrected chi connectivity index (χ3v) is 2.26. The van der Waals surface area contributed by atoms with Crippen molar-refractivity contribution in [2.24, 2.45) is 0 Å². The van der Waals surface area contributed by atoms with Gasteiger partial charge in [0.05, 0.1) is 0 Å². The number of hydrogen-bond donors (Lipinski definition) is 1. The van der Waals surface area contributed by atoms with Gasteiger partial charge in [-0.25, -0.2) is 0 Å². The SMILES string of the molecule is C1=Cc2ccccc2SN1.S. The van der Waals surface area contributed by atoms with Crippen molar-refractivity contribution in [3.63, 3.8) is 0 Å². The Labute approximate surface area is 77.5 Å². The van der Waals surface area contributed by atoms with Crippen LogP contribution >= 0.6 is 25.4 Å². The van der Waals surface area contributed by atoms with Crippen molar-refractivity contribution in [2.45, 2.75) is 4.90 Å². The average Bonchev–Trinajstić information content (AvgIpc) is 2.05. The normalized spacial score (nSPS) is 12.7. The first-order chi connectivity index (χ1) is 4.97. The summed E-state index contributed by atoms with van der Waals surface area (Å²) in [6.45, 7) is 0. The Kier molecular flexibility index (Phi) is 2.91. The number of hydrogen-bond acceptors (Lipinski definition) is 2. The molecular formula is C8H9NS2. The highest BCUT2D eigenvalue weighted by atomic mass is 32.2. The molecule has 0 saturated heterocycles. The Balaban J connectivity index is 0.000000605. The minimum atomic E-state index is 0. The van der Waals surface area contributed by atoms with E-state index in [1.807, 2.05) is 12.3 Å². The van der Waals surface area contributed by atoms with Gasteiger partial charge < -0.3 is 4.72 Å². The van der Waals surface area contributed by atoms with E-state index in [2.05, 4.69) is 29.0 Å². The van der Waals surface area contributed by atoms with Crippen LogP contribution in [0.25, 0.3) is 6.08 Å². The molecule has 11 heavy (non-hydrogen) atoms. The molecule has 0 spiro atoms. The fraction of sp³-hybridized carbons (Fsp3) is 0. The molecule has 2 rings (SSSR count). The quantitative estimate of drug-likeness (QED) is 0.620. The van der Waals surface area contributed by atoms with Gasteiger partial charge in [-0.05, 0) is 29.7 Å². The zero-order chi connectivity index (χ0) is 6.81. The van der Waals surface area contributed by atoms with Crippen LogP contribution in [0.5, 0.6) is 0 Å². The van der Waals surface area contributed by atoms with Crippen LogP contribution in [0.2, 0.25) is 0 Å². The van der Waals surface area contributed by atoms with E-state index in [0.29, 0.717) is 0 Å². The molecule has 1 nitrogen and oxygen atoms in total. The van der Waals surface area contributed by atoms with E-state index in [-0.39, 0.29) is 13.5 Å². The van der Waals surface area contributed by atoms with Gasteiger partial charge in [-0.1, -0.05) is 18.2 Å². The van der Waals surface area contributed by atoms with Crippen LogP contribution in [0.4, 0.5) is 0 Å². The van der Waals surface area contributed by atoms with Crippen molar-refractivity contribution in [3.8, 4) is 0 Å². The zero-order valence-corrected chi connectivity index (χ0v) is 7.69. The minimum absolute atomic E-state index is 0. The third kappa shape index (κ3) is 1.73. The van der Waals surface area contributed by atoms with Gasteiger partial charge in [0.2, 0.25) is 0 Å². The third-order valence-electron chi connectivity index (χ3n) is 1.42.